The van der Waals surface area contributed by atoms with E-state index in [1.165, 1.54) is 28.9 Å². The Morgan fingerprint density at radius 1 is 1.09 bits per heavy atom. The summed E-state index contributed by atoms with van der Waals surface area (Å²) in [5.74, 6) is 1.77. The molecule has 1 fully saturated rings. The average molecular weight is 305 g/mol. The quantitative estimate of drug-likeness (QED) is 0.732. The van der Waals surface area contributed by atoms with E-state index < -0.39 is 0 Å². The number of aromatic nitrogens is 2. The van der Waals surface area contributed by atoms with E-state index in [9.17, 15) is 0 Å². The van der Waals surface area contributed by atoms with Crippen LogP contribution in [0, 0.1) is 6.92 Å². The first-order valence-corrected chi connectivity index (χ1v) is 8.40. The van der Waals surface area contributed by atoms with Gasteiger partial charge in [0.05, 0.1) is 11.0 Å². The summed E-state index contributed by atoms with van der Waals surface area (Å²) in [6.45, 7) is 5.51. The van der Waals surface area contributed by atoms with Gasteiger partial charge < -0.3 is 4.57 Å². The van der Waals surface area contributed by atoms with Crippen molar-refractivity contribution in [1.82, 2.24) is 14.5 Å². The molecule has 1 aliphatic heterocycles. The molecule has 2 aromatic carbocycles. The number of para-hydroxylation sites is 2. The zero-order valence-corrected chi connectivity index (χ0v) is 13.9. The molecule has 0 bridgehead atoms. The van der Waals surface area contributed by atoms with Crippen LogP contribution in [0.1, 0.15) is 29.3 Å². The summed E-state index contributed by atoms with van der Waals surface area (Å²) in [6, 6.07) is 17.1. The number of aryl methyl sites for hydroxylation is 2. The molecule has 1 aliphatic rings. The number of nitrogens with zero attached hydrogens (tertiary/aromatic N) is 3. The SMILES string of the molecule is Cc1ccccc1CN1CC[C@H](c2nc3ccccc3n2C)C1. The smallest absolute Gasteiger partial charge is 0.114 e. The molecule has 0 spiro atoms. The molecule has 23 heavy (non-hydrogen) atoms. The van der Waals surface area contributed by atoms with E-state index >= 15 is 0 Å². The predicted molar refractivity (Wildman–Crippen MR) is 94.5 cm³/mol. The van der Waals surface area contributed by atoms with E-state index in [1.807, 2.05) is 0 Å². The Bertz CT molecular complexity index is 834. The minimum atomic E-state index is 0.538. The monoisotopic (exact) mass is 305 g/mol. The molecule has 3 aromatic rings. The molecule has 0 N–H and O–H groups in total. The van der Waals surface area contributed by atoms with Gasteiger partial charge in [-0.2, -0.15) is 0 Å². The fraction of sp³-hybridized carbons (Fsp3) is 0.350. The average Bonchev–Trinajstić information content (AvgIpc) is 3.15. The van der Waals surface area contributed by atoms with Gasteiger partial charge in [-0.05, 0) is 43.1 Å². The van der Waals surface area contributed by atoms with Crippen LogP contribution < -0.4 is 0 Å². The van der Waals surface area contributed by atoms with Crippen molar-refractivity contribution in [2.24, 2.45) is 7.05 Å². The normalized spacial score (nSPS) is 18.8. The summed E-state index contributed by atoms with van der Waals surface area (Å²) >= 11 is 0. The lowest BCUT2D eigenvalue weighted by atomic mass is 10.1. The van der Waals surface area contributed by atoms with Crippen molar-refractivity contribution in [2.75, 3.05) is 13.1 Å². The zero-order chi connectivity index (χ0) is 15.8. The van der Waals surface area contributed by atoms with Crippen molar-refractivity contribution < 1.29 is 0 Å². The number of rotatable bonds is 3. The molecule has 3 heteroatoms. The van der Waals surface area contributed by atoms with Crippen LogP contribution in [0.3, 0.4) is 0 Å². The number of fused-ring (bicyclic) bond motifs is 1. The molecule has 2 heterocycles. The lowest BCUT2D eigenvalue weighted by Crippen LogP contribution is -2.20. The Labute approximate surface area is 137 Å². The summed E-state index contributed by atoms with van der Waals surface area (Å²) in [6.07, 6.45) is 1.20. The van der Waals surface area contributed by atoms with Gasteiger partial charge in [0.25, 0.3) is 0 Å². The fourth-order valence-electron chi connectivity index (χ4n) is 3.74. The highest BCUT2D eigenvalue weighted by atomic mass is 15.2. The third-order valence-corrected chi connectivity index (χ3v) is 5.11. The summed E-state index contributed by atoms with van der Waals surface area (Å²) in [7, 11) is 2.15. The molecule has 1 saturated heterocycles. The second-order valence-electron chi connectivity index (χ2n) is 6.66. The van der Waals surface area contributed by atoms with Gasteiger partial charge in [-0.15, -0.1) is 0 Å². The largest absolute Gasteiger partial charge is 0.331 e. The highest BCUT2D eigenvalue weighted by Gasteiger charge is 2.27. The summed E-state index contributed by atoms with van der Waals surface area (Å²) in [4.78, 5) is 7.45. The van der Waals surface area contributed by atoms with Crippen molar-refractivity contribution in [3.05, 3.63) is 65.5 Å². The van der Waals surface area contributed by atoms with Crippen LogP contribution in [0.4, 0.5) is 0 Å². The first-order valence-electron chi connectivity index (χ1n) is 8.40. The van der Waals surface area contributed by atoms with Gasteiger partial charge >= 0.3 is 0 Å². The lowest BCUT2D eigenvalue weighted by molar-refractivity contribution is 0.324. The number of hydrogen-bond acceptors (Lipinski definition) is 2. The molecule has 118 valence electrons. The van der Waals surface area contributed by atoms with Crippen molar-refractivity contribution in [1.29, 1.82) is 0 Å². The minimum Gasteiger partial charge on any atom is -0.331 e. The Hall–Kier alpha value is -2.13. The van der Waals surface area contributed by atoms with Gasteiger partial charge in [0.2, 0.25) is 0 Å². The molecule has 1 aromatic heterocycles. The summed E-state index contributed by atoms with van der Waals surface area (Å²) in [5.41, 5.74) is 5.18. The van der Waals surface area contributed by atoms with Gasteiger partial charge in [0.1, 0.15) is 5.82 Å². The second-order valence-corrected chi connectivity index (χ2v) is 6.66. The maximum absolute atomic E-state index is 4.89. The van der Waals surface area contributed by atoms with Crippen molar-refractivity contribution in [2.45, 2.75) is 25.8 Å². The van der Waals surface area contributed by atoms with E-state index in [0.29, 0.717) is 5.92 Å². The molecule has 0 amide bonds. The Balaban J connectivity index is 1.53. The van der Waals surface area contributed by atoms with Crippen molar-refractivity contribution in [3.63, 3.8) is 0 Å². The van der Waals surface area contributed by atoms with Crippen molar-refractivity contribution in [3.8, 4) is 0 Å². The maximum atomic E-state index is 4.89. The van der Waals surface area contributed by atoms with E-state index in [2.05, 4.69) is 72.0 Å². The van der Waals surface area contributed by atoms with Crippen LogP contribution >= 0.6 is 0 Å². The third kappa shape index (κ3) is 2.66. The minimum absolute atomic E-state index is 0.538. The van der Waals surface area contributed by atoms with Crippen molar-refractivity contribution >= 4 is 11.0 Å². The van der Waals surface area contributed by atoms with Gasteiger partial charge in [-0.3, -0.25) is 4.90 Å². The topological polar surface area (TPSA) is 21.1 Å². The van der Waals surface area contributed by atoms with Crippen LogP contribution in [0.5, 0.6) is 0 Å². The molecule has 0 radical (unpaired) electrons. The molecular weight excluding hydrogens is 282 g/mol. The molecule has 0 saturated carbocycles. The lowest BCUT2D eigenvalue weighted by Gasteiger charge is -2.17. The van der Waals surface area contributed by atoms with Gasteiger partial charge in [-0.1, -0.05) is 36.4 Å². The predicted octanol–water partition coefficient (Wildman–Crippen LogP) is 3.87. The van der Waals surface area contributed by atoms with E-state index in [-0.39, 0.29) is 0 Å². The number of benzene rings is 2. The first-order chi connectivity index (χ1) is 11.2. The van der Waals surface area contributed by atoms with E-state index in [1.54, 1.807) is 0 Å². The standard InChI is InChI=1S/C20H23N3/c1-15-7-3-4-8-16(15)13-23-12-11-17(14-23)20-21-18-9-5-6-10-19(18)22(20)2/h3-10,17H,11-14H2,1-2H3/t17-/m0/s1. The van der Waals surface area contributed by atoms with E-state index in [0.717, 1.165) is 25.2 Å². The van der Waals surface area contributed by atoms with Crippen LogP contribution in [0.2, 0.25) is 0 Å². The second kappa shape index (κ2) is 5.82. The molecule has 4 rings (SSSR count). The van der Waals surface area contributed by atoms with Gasteiger partial charge in [0, 0.05) is 26.1 Å². The summed E-state index contributed by atoms with van der Waals surface area (Å²) < 4.78 is 2.28. The van der Waals surface area contributed by atoms with Crippen LogP contribution in [-0.2, 0) is 13.6 Å². The first kappa shape index (κ1) is 14.5. The third-order valence-electron chi connectivity index (χ3n) is 5.11. The van der Waals surface area contributed by atoms with Crippen LogP contribution in [0.25, 0.3) is 11.0 Å². The Morgan fingerprint density at radius 2 is 1.87 bits per heavy atom. The summed E-state index contributed by atoms with van der Waals surface area (Å²) in [5, 5.41) is 0. The van der Waals surface area contributed by atoms with Gasteiger partial charge in [0.15, 0.2) is 0 Å². The molecule has 3 nitrogen and oxygen atoms in total. The Kier molecular flexibility index (Phi) is 3.66. The molecule has 0 aliphatic carbocycles. The van der Waals surface area contributed by atoms with Crippen LogP contribution in [0.15, 0.2) is 48.5 Å². The van der Waals surface area contributed by atoms with Gasteiger partial charge in [-0.25, -0.2) is 4.98 Å². The molecule has 0 unspecified atom stereocenters. The zero-order valence-electron chi connectivity index (χ0n) is 13.9. The van der Waals surface area contributed by atoms with E-state index in [4.69, 9.17) is 4.98 Å². The highest BCUT2D eigenvalue weighted by molar-refractivity contribution is 5.75. The Morgan fingerprint density at radius 3 is 2.70 bits per heavy atom. The number of likely N-dealkylation sites (tertiary alicyclic amines) is 1. The number of imidazole rings is 1. The maximum Gasteiger partial charge on any atom is 0.114 e. The van der Waals surface area contributed by atoms with Crippen LogP contribution in [-0.4, -0.2) is 27.5 Å². The molecule has 1 atom stereocenters. The number of hydrogen-bond donors (Lipinski definition) is 0. The highest BCUT2D eigenvalue weighted by Crippen LogP contribution is 2.29. The fourth-order valence-corrected chi connectivity index (χ4v) is 3.74. The molecular formula is C20H23N3.